The van der Waals surface area contributed by atoms with Crippen molar-refractivity contribution in [2.45, 2.75) is 12.8 Å². The molecule has 0 saturated heterocycles. The molecule has 0 fully saturated rings. The highest BCUT2D eigenvalue weighted by molar-refractivity contribution is 9.09. The van der Waals surface area contributed by atoms with Gasteiger partial charge in [0.15, 0.2) is 0 Å². The van der Waals surface area contributed by atoms with Gasteiger partial charge in [-0.05, 0) is 60.2 Å². The molecule has 20 heavy (non-hydrogen) atoms. The van der Waals surface area contributed by atoms with E-state index >= 15 is 0 Å². The number of rotatable bonds is 5. The van der Waals surface area contributed by atoms with Crippen LogP contribution in [-0.2, 0) is 12.8 Å². The molecule has 0 N–H and O–H groups in total. The fourth-order valence-corrected chi connectivity index (χ4v) is 2.99. The lowest BCUT2D eigenvalue weighted by Gasteiger charge is -2.15. The summed E-state index contributed by atoms with van der Waals surface area (Å²) in [5.74, 6) is 0.179. The Morgan fingerprint density at radius 3 is 2.35 bits per heavy atom. The SMILES string of the molecule is Fc1ccc(CC(CBr)Cc2cc(Cl)ccc2Cl)cc1. The second-order valence-electron chi connectivity index (χ2n) is 4.79. The number of hydrogen-bond donors (Lipinski definition) is 0. The van der Waals surface area contributed by atoms with Crippen molar-refractivity contribution in [3.8, 4) is 0 Å². The van der Waals surface area contributed by atoms with Crippen molar-refractivity contribution in [1.29, 1.82) is 0 Å². The van der Waals surface area contributed by atoms with Crippen LogP contribution in [-0.4, -0.2) is 5.33 Å². The van der Waals surface area contributed by atoms with Crippen LogP contribution in [0.2, 0.25) is 10.0 Å². The van der Waals surface area contributed by atoms with Crippen molar-refractivity contribution in [2.75, 3.05) is 5.33 Å². The zero-order valence-corrected chi connectivity index (χ0v) is 13.8. The van der Waals surface area contributed by atoms with E-state index in [1.54, 1.807) is 6.07 Å². The van der Waals surface area contributed by atoms with E-state index in [1.807, 2.05) is 24.3 Å². The topological polar surface area (TPSA) is 0 Å². The molecule has 0 radical (unpaired) electrons. The first kappa shape index (κ1) is 15.8. The molecule has 0 saturated carbocycles. The summed E-state index contributed by atoms with van der Waals surface area (Å²) in [7, 11) is 0. The maximum Gasteiger partial charge on any atom is 0.123 e. The molecule has 0 aliphatic heterocycles. The summed E-state index contributed by atoms with van der Waals surface area (Å²) in [6, 6.07) is 12.2. The van der Waals surface area contributed by atoms with E-state index in [-0.39, 0.29) is 5.82 Å². The molecule has 0 nitrogen and oxygen atoms in total. The second-order valence-corrected chi connectivity index (χ2v) is 6.28. The van der Waals surface area contributed by atoms with Gasteiger partial charge in [0.2, 0.25) is 0 Å². The van der Waals surface area contributed by atoms with E-state index in [2.05, 4.69) is 15.9 Å². The van der Waals surface area contributed by atoms with Crippen LogP contribution in [0.25, 0.3) is 0 Å². The minimum atomic E-state index is -0.206. The van der Waals surface area contributed by atoms with Crippen LogP contribution in [0.4, 0.5) is 4.39 Å². The first-order chi connectivity index (χ1) is 9.58. The molecule has 1 atom stereocenters. The van der Waals surface area contributed by atoms with E-state index in [9.17, 15) is 4.39 Å². The van der Waals surface area contributed by atoms with E-state index in [1.165, 1.54) is 12.1 Å². The maximum atomic E-state index is 12.9. The molecule has 2 aromatic carbocycles. The monoisotopic (exact) mass is 374 g/mol. The summed E-state index contributed by atoms with van der Waals surface area (Å²) < 4.78 is 12.9. The maximum absolute atomic E-state index is 12.9. The van der Waals surface area contributed by atoms with Gasteiger partial charge in [-0.1, -0.05) is 51.3 Å². The van der Waals surface area contributed by atoms with Gasteiger partial charge in [0.25, 0.3) is 0 Å². The molecule has 2 rings (SSSR count). The summed E-state index contributed by atoms with van der Waals surface area (Å²) in [6.07, 6.45) is 1.70. The van der Waals surface area contributed by atoms with Crippen LogP contribution >= 0.6 is 39.1 Å². The lowest BCUT2D eigenvalue weighted by molar-refractivity contribution is 0.588. The third kappa shape index (κ3) is 4.47. The van der Waals surface area contributed by atoms with Crippen LogP contribution in [0.3, 0.4) is 0 Å². The minimum absolute atomic E-state index is 0.206. The number of benzene rings is 2. The van der Waals surface area contributed by atoms with Crippen LogP contribution < -0.4 is 0 Å². The molecule has 0 bridgehead atoms. The van der Waals surface area contributed by atoms with Gasteiger partial charge < -0.3 is 0 Å². The van der Waals surface area contributed by atoms with E-state index in [4.69, 9.17) is 23.2 Å². The number of halogens is 4. The standard InChI is InChI=1S/C16H14BrCl2F/c17-10-12(7-11-1-4-15(20)5-2-11)8-13-9-14(18)3-6-16(13)19/h1-6,9,12H,7-8,10H2. The summed E-state index contributed by atoms with van der Waals surface area (Å²) in [5, 5.41) is 2.28. The Labute approximate surface area is 137 Å². The Kier molecular flexibility index (Phi) is 5.88. The van der Waals surface area contributed by atoms with Crippen LogP contribution in [0.15, 0.2) is 42.5 Å². The fourth-order valence-electron chi connectivity index (χ4n) is 2.15. The number of hydrogen-bond acceptors (Lipinski definition) is 0. The predicted octanol–water partition coefficient (Wildman–Crippen LogP) is 5.93. The Bertz CT molecular complexity index is 569. The van der Waals surface area contributed by atoms with Gasteiger partial charge in [-0.15, -0.1) is 0 Å². The molecule has 0 aromatic heterocycles. The minimum Gasteiger partial charge on any atom is -0.207 e. The lowest BCUT2D eigenvalue weighted by Crippen LogP contribution is -2.10. The molecule has 0 aliphatic carbocycles. The zero-order chi connectivity index (χ0) is 14.5. The summed E-state index contributed by atoms with van der Waals surface area (Å²) in [4.78, 5) is 0. The van der Waals surface area contributed by atoms with E-state index < -0.39 is 0 Å². The molecule has 0 aliphatic rings. The quantitative estimate of drug-likeness (QED) is 0.568. The molecule has 1 unspecified atom stereocenters. The first-order valence-electron chi connectivity index (χ1n) is 6.33. The first-order valence-corrected chi connectivity index (χ1v) is 8.20. The van der Waals surface area contributed by atoms with Crippen LogP contribution in [0, 0.1) is 11.7 Å². The van der Waals surface area contributed by atoms with Gasteiger partial charge in [0, 0.05) is 15.4 Å². The smallest absolute Gasteiger partial charge is 0.123 e. The van der Waals surface area contributed by atoms with Gasteiger partial charge in [-0.2, -0.15) is 0 Å². The van der Waals surface area contributed by atoms with Crippen molar-refractivity contribution in [3.63, 3.8) is 0 Å². The molecule has 0 amide bonds. The Morgan fingerprint density at radius 2 is 1.70 bits per heavy atom. The van der Waals surface area contributed by atoms with Crippen molar-refractivity contribution < 1.29 is 4.39 Å². The highest BCUT2D eigenvalue weighted by Gasteiger charge is 2.12. The van der Waals surface area contributed by atoms with Crippen LogP contribution in [0.5, 0.6) is 0 Å². The molecular weight excluding hydrogens is 362 g/mol. The highest BCUT2D eigenvalue weighted by atomic mass is 79.9. The van der Waals surface area contributed by atoms with Crippen molar-refractivity contribution >= 4 is 39.1 Å². The summed E-state index contributed by atoms with van der Waals surface area (Å²) in [6.45, 7) is 0. The van der Waals surface area contributed by atoms with Crippen molar-refractivity contribution in [3.05, 3.63) is 69.5 Å². The fraction of sp³-hybridized carbons (Fsp3) is 0.250. The third-order valence-corrected chi connectivity index (χ3v) is 4.69. The largest absolute Gasteiger partial charge is 0.207 e. The molecule has 2 aromatic rings. The molecule has 4 heteroatoms. The predicted molar refractivity (Wildman–Crippen MR) is 87.6 cm³/mol. The van der Waals surface area contributed by atoms with Gasteiger partial charge in [0.05, 0.1) is 0 Å². The van der Waals surface area contributed by atoms with Gasteiger partial charge in [-0.25, -0.2) is 4.39 Å². The second kappa shape index (κ2) is 7.44. The van der Waals surface area contributed by atoms with Gasteiger partial charge in [-0.3, -0.25) is 0 Å². The Hall–Kier alpha value is -0.570. The Morgan fingerprint density at radius 1 is 1.00 bits per heavy atom. The molecule has 106 valence electrons. The van der Waals surface area contributed by atoms with Crippen molar-refractivity contribution in [1.82, 2.24) is 0 Å². The van der Waals surface area contributed by atoms with Gasteiger partial charge in [0.1, 0.15) is 5.82 Å². The average molecular weight is 376 g/mol. The average Bonchev–Trinajstić information content (AvgIpc) is 2.44. The molecule has 0 spiro atoms. The normalized spacial score (nSPS) is 12.4. The van der Waals surface area contributed by atoms with Gasteiger partial charge >= 0.3 is 0 Å². The van der Waals surface area contributed by atoms with E-state index in [0.717, 1.165) is 34.3 Å². The molecule has 0 heterocycles. The van der Waals surface area contributed by atoms with Crippen molar-refractivity contribution in [2.24, 2.45) is 5.92 Å². The van der Waals surface area contributed by atoms with Crippen LogP contribution in [0.1, 0.15) is 11.1 Å². The highest BCUT2D eigenvalue weighted by Crippen LogP contribution is 2.25. The summed E-state index contributed by atoms with van der Waals surface area (Å²) >= 11 is 15.7. The molecular formula is C16H14BrCl2F. The van der Waals surface area contributed by atoms with E-state index in [0.29, 0.717) is 10.9 Å². The number of alkyl halides is 1. The summed E-state index contributed by atoms with van der Waals surface area (Å²) in [5.41, 5.74) is 2.17. The third-order valence-electron chi connectivity index (χ3n) is 3.17. The zero-order valence-electron chi connectivity index (χ0n) is 10.8. The Balaban J connectivity index is 2.08. The lowest BCUT2D eigenvalue weighted by atomic mass is 9.94.